The van der Waals surface area contributed by atoms with E-state index in [9.17, 15) is 23.4 Å². The third-order valence-corrected chi connectivity index (χ3v) is 14.3. The minimum Gasteiger partial charge on any atom is -0.449 e. The van der Waals surface area contributed by atoms with E-state index in [-0.39, 0.29) is 35.6 Å². The molecule has 0 radical (unpaired) electrons. The van der Waals surface area contributed by atoms with Crippen LogP contribution in [0.4, 0.5) is 4.79 Å². The summed E-state index contributed by atoms with van der Waals surface area (Å²) in [5.41, 5.74) is 0.420. The van der Waals surface area contributed by atoms with Gasteiger partial charge in [-0.3, -0.25) is 0 Å². The van der Waals surface area contributed by atoms with Crippen LogP contribution in [0.1, 0.15) is 113 Å². The molecule has 0 heterocycles. The van der Waals surface area contributed by atoms with Crippen molar-refractivity contribution in [2.75, 3.05) is 6.61 Å². The Kier molecular flexibility index (Phi) is 8.84. The Bertz CT molecular complexity index is 994. The second-order valence-corrected chi connectivity index (χ2v) is 17.5. The molecular formula is C31H55NO6S. The molecule has 4 fully saturated rings. The SMILES string of the molecule is CC[C@H]1[C@@H](O)[C@@H]2[C@H](CC[C@]3(C)[C@@H]([C@H](C)CCCOC(=O)NS(=O)(=O)C(C)(C)C)CC[C@@H]23)[C@@]2(C)CC[C@@H](O)C[C@@H]12. The third-order valence-electron chi connectivity index (χ3n) is 12.2. The fraction of sp³-hybridized carbons (Fsp3) is 0.968. The monoisotopic (exact) mass is 569 g/mol. The maximum absolute atomic E-state index is 12.2. The maximum Gasteiger partial charge on any atom is 0.420 e. The number of nitrogens with one attached hydrogen (secondary N) is 1. The number of hydrogen-bond acceptors (Lipinski definition) is 6. The Labute approximate surface area is 237 Å². The van der Waals surface area contributed by atoms with Gasteiger partial charge in [0.1, 0.15) is 0 Å². The molecular weight excluding hydrogens is 514 g/mol. The zero-order chi connectivity index (χ0) is 29.0. The van der Waals surface area contributed by atoms with Crippen LogP contribution in [0.3, 0.4) is 0 Å². The molecule has 0 unspecified atom stereocenters. The summed E-state index contributed by atoms with van der Waals surface area (Å²) in [4.78, 5) is 12.1. The van der Waals surface area contributed by atoms with Gasteiger partial charge in [0.2, 0.25) is 10.0 Å². The van der Waals surface area contributed by atoms with Crippen molar-refractivity contribution in [2.45, 2.75) is 130 Å². The van der Waals surface area contributed by atoms with E-state index in [0.717, 1.165) is 32.1 Å². The smallest absolute Gasteiger partial charge is 0.420 e. The van der Waals surface area contributed by atoms with E-state index in [2.05, 4.69) is 27.7 Å². The van der Waals surface area contributed by atoms with Crippen LogP contribution in [-0.2, 0) is 14.8 Å². The lowest BCUT2D eigenvalue weighted by Gasteiger charge is -2.64. The first-order valence-electron chi connectivity index (χ1n) is 15.6. The molecule has 226 valence electrons. The topological polar surface area (TPSA) is 113 Å². The van der Waals surface area contributed by atoms with Gasteiger partial charge < -0.3 is 14.9 Å². The number of carbonyl (C=O) groups excluding carboxylic acids is 1. The molecule has 0 spiro atoms. The van der Waals surface area contributed by atoms with Crippen LogP contribution >= 0.6 is 0 Å². The highest BCUT2D eigenvalue weighted by Crippen LogP contribution is 2.69. The van der Waals surface area contributed by atoms with Crippen molar-refractivity contribution in [2.24, 2.45) is 52.3 Å². The molecule has 3 N–H and O–H groups in total. The minimum absolute atomic E-state index is 0.204. The number of rotatable bonds is 7. The lowest BCUT2D eigenvalue weighted by molar-refractivity contribution is -0.203. The molecule has 4 rings (SSSR count). The van der Waals surface area contributed by atoms with Gasteiger partial charge in [0.15, 0.2) is 0 Å². The molecule has 0 bridgehead atoms. The summed E-state index contributed by atoms with van der Waals surface area (Å²) in [5.74, 6) is 3.15. The molecule has 4 aliphatic rings. The average molecular weight is 570 g/mol. The van der Waals surface area contributed by atoms with Crippen LogP contribution in [0.25, 0.3) is 0 Å². The van der Waals surface area contributed by atoms with Crippen molar-refractivity contribution >= 4 is 16.1 Å². The lowest BCUT2D eigenvalue weighted by Crippen LogP contribution is -2.62. The van der Waals surface area contributed by atoms with Crippen LogP contribution in [0.15, 0.2) is 0 Å². The second kappa shape index (κ2) is 11.1. The zero-order valence-corrected chi connectivity index (χ0v) is 26.2. The summed E-state index contributed by atoms with van der Waals surface area (Å²) in [5, 5.41) is 22.4. The van der Waals surface area contributed by atoms with Crippen LogP contribution < -0.4 is 4.72 Å². The Morgan fingerprint density at radius 2 is 1.67 bits per heavy atom. The molecule has 0 aromatic heterocycles. The van der Waals surface area contributed by atoms with E-state index in [4.69, 9.17) is 4.74 Å². The van der Waals surface area contributed by atoms with Gasteiger partial charge in [-0.25, -0.2) is 17.9 Å². The Balaban J connectivity index is 1.38. The fourth-order valence-electron chi connectivity index (χ4n) is 10.00. The van der Waals surface area contributed by atoms with E-state index in [0.29, 0.717) is 41.9 Å². The number of carbonyl (C=O) groups is 1. The zero-order valence-electron chi connectivity index (χ0n) is 25.4. The van der Waals surface area contributed by atoms with Crippen molar-refractivity contribution in [3.63, 3.8) is 0 Å². The summed E-state index contributed by atoms with van der Waals surface area (Å²) < 4.78 is 30.5. The molecule has 11 atom stereocenters. The number of aliphatic hydroxyl groups excluding tert-OH is 2. The first-order valence-corrected chi connectivity index (χ1v) is 17.1. The molecule has 8 heteroatoms. The number of sulfonamides is 1. The molecule has 0 aromatic carbocycles. The highest BCUT2D eigenvalue weighted by molar-refractivity contribution is 7.91. The highest BCUT2D eigenvalue weighted by Gasteiger charge is 2.64. The van der Waals surface area contributed by atoms with Gasteiger partial charge >= 0.3 is 6.09 Å². The van der Waals surface area contributed by atoms with Crippen LogP contribution in [-0.4, -0.2) is 48.3 Å². The summed E-state index contributed by atoms with van der Waals surface area (Å²) >= 11 is 0. The number of aliphatic hydroxyl groups is 2. The van der Waals surface area contributed by atoms with Gasteiger partial charge in [0, 0.05) is 0 Å². The number of hydrogen-bond donors (Lipinski definition) is 3. The van der Waals surface area contributed by atoms with E-state index in [1.807, 2.05) is 4.72 Å². The standard InChI is InChI=1S/C31H55NO6S/c1-8-21-25-18-20(33)13-15-31(25,7)24-14-16-30(6)22(11-12-23(30)26(24)27(21)34)19(2)10-9-17-38-28(35)32-39(36,37)29(3,4)5/h19-27,33-34H,8-18H2,1-7H3,(H,32,35)/t19-,20-,21-,22-,23+,24+,25+,26+,27-,30-,31-/m1/s1. The highest BCUT2D eigenvalue weighted by atomic mass is 32.2. The van der Waals surface area contributed by atoms with Crippen molar-refractivity contribution in [1.29, 1.82) is 0 Å². The summed E-state index contributed by atoms with van der Waals surface area (Å²) in [6.07, 6.45) is 8.76. The van der Waals surface area contributed by atoms with Crippen molar-refractivity contribution in [3.05, 3.63) is 0 Å². The molecule has 0 aromatic rings. The van der Waals surface area contributed by atoms with Crippen molar-refractivity contribution in [1.82, 2.24) is 4.72 Å². The van der Waals surface area contributed by atoms with Gasteiger partial charge in [-0.1, -0.05) is 34.1 Å². The lowest BCUT2D eigenvalue weighted by atomic mass is 9.41. The van der Waals surface area contributed by atoms with Gasteiger partial charge in [0.25, 0.3) is 0 Å². The predicted molar refractivity (Wildman–Crippen MR) is 153 cm³/mol. The fourth-order valence-corrected chi connectivity index (χ4v) is 10.6. The van der Waals surface area contributed by atoms with Crippen LogP contribution in [0.5, 0.6) is 0 Å². The van der Waals surface area contributed by atoms with Crippen molar-refractivity contribution in [3.8, 4) is 0 Å². The summed E-state index contributed by atoms with van der Waals surface area (Å²) in [6, 6.07) is 0. The predicted octanol–water partition coefficient (Wildman–Crippen LogP) is 5.88. The summed E-state index contributed by atoms with van der Waals surface area (Å²) in [6.45, 7) is 14.3. The van der Waals surface area contributed by atoms with Gasteiger partial charge in [0.05, 0.1) is 23.6 Å². The summed E-state index contributed by atoms with van der Waals surface area (Å²) in [7, 11) is -3.78. The van der Waals surface area contributed by atoms with Gasteiger partial charge in [-0.15, -0.1) is 0 Å². The van der Waals surface area contributed by atoms with E-state index in [1.165, 1.54) is 25.7 Å². The quantitative estimate of drug-likeness (QED) is 0.330. The van der Waals surface area contributed by atoms with E-state index in [1.54, 1.807) is 20.8 Å². The molecule has 7 nitrogen and oxygen atoms in total. The number of amides is 1. The molecule has 0 aliphatic heterocycles. The first-order chi connectivity index (χ1) is 18.1. The van der Waals surface area contributed by atoms with Crippen LogP contribution in [0.2, 0.25) is 0 Å². The van der Waals surface area contributed by atoms with Gasteiger partial charge in [-0.05, 0) is 131 Å². The molecule has 4 saturated carbocycles. The first kappa shape index (κ1) is 31.1. The minimum atomic E-state index is -3.78. The number of ether oxygens (including phenoxy) is 1. The van der Waals surface area contributed by atoms with Crippen LogP contribution in [0, 0.1) is 52.3 Å². The molecule has 0 saturated heterocycles. The van der Waals surface area contributed by atoms with Gasteiger partial charge in [-0.2, -0.15) is 0 Å². The number of fused-ring (bicyclic) bond motifs is 5. The maximum atomic E-state index is 12.2. The molecule has 1 amide bonds. The largest absolute Gasteiger partial charge is 0.449 e. The van der Waals surface area contributed by atoms with E-state index >= 15 is 0 Å². The molecule has 4 aliphatic carbocycles. The van der Waals surface area contributed by atoms with E-state index < -0.39 is 20.9 Å². The Morgan fingerprint density at radius 1 is 1.03 bits per heavy atom. The third kappa shape index (κ3) is 5.52. The average Bonchev–Trinajstić information content (AvgIpc) is 3.19. The molecule has 39 heavy (non-hydrogen) atoms. The Hall–Kier alpha value is -0.860. The normalized spacial score (nSPS) is 43.1. The van der Waals surface area contributed by atoms with Crippen molar-refractivity contribution < 1.29 is 28.2 Å². The second-order valence-electron chi connectivity index (χ2n) is 15.1. The Morgan fingerprint density at radius 3 is 2.31 bits per heavy atom.